The fourth-order valence-electron chi connectivity index (χ4n) is 3.28. The standard InChI is InChI=1S/C18H24N2O/c1-21-15-9-11-20(12-10-15)13-18(19)17-8-4-6-14-5-2-3-7-16(14)17/h2-8,15,18H,9-13,19H2,1H3. The summed E-state index contributed by atoms with van der Waals surface area (Å²) < 4.78 is 5.43. The Kier molecular flexibility index (Phi) is 4.54. The van der Waals surface area contributed by atoms with Gasteiger partial charge in [0.25, 0.3) is 0 Å². The molecule has 112 valence electrons. The maximum Gasteiger partial charge on any atom is 0.0595 e. The number of nitrogens with two attached hydrogens (primary N) is 1. The lowest BCUT2D eigenvalue weighted by atomic mass is 9.98. The second-order valence-corrected chi connectivity index (χ2v) is 5.91. The zero-order valence-electron chi connectivity index (χ0n) is 12.7. The molecule has 1 heterocycles. The monoisotopic (exact) mass is 284 g/mol. The van der Waals surface area contributed by atoms with Gasteiger partial charge < -0.3 is 15.4 Å². The summed E-state index contributed by atoms with van der Waals surface area (Å²) in [6.07, 6.45) is 2.65. The summed E-state index contributed by atoms with van der Waals surface area (Å²) in [6, 6.07) is 15.0. The van der Waals surface area contributed by atoms with Gasteiger partial charge in [0.05, 0.1) is 6.10 Å². The van der Waals surface area contributed by atoms with E-state index in [2.05, 4.69) is 47.4 Å². The first-order valence-electron chi connectivity index (χ1n) is 7.76. The minimum atomic E-state index is 0.0650. The third-order valence-corrected chi connectivity index (χ3v) is 4.55. The summed E-state index contributed by atoms with van der Waals surface area (Å²) in [7, 11) is 1.81. The van der Waals surface area contributed by atoms with Crippen LogP contribution in [-0.4, -0.2) is 37.7 Å². The highest BCUT2D eigenvalue weighted by molar-refractivity contribution is 5.86. The summed E-state index contributed by atoms with van der Waals surface area (Å²) in [5, 5.41) is 2.54. The van der Waals surface area contributed by atoms with E-state index in [1.807, 2.05) is 7.11 Å². The van der Waals surface area contributed by atoms with Crippen LogP contribution in [-0.2, 0) is 4.74 Å². The van der Waals surface area contributed by atoms with E-state index in [4.69, 9.17) is 10.5 Å². The molecule has 1 aliphatic heterocycles. The van der Waals surface area contributed by atoms with Gasteiger partial charge in [-0.2, -0.15) is 0 Å². The van der Waals surface area contributed by atoms with Crippen LogP contribution in [0.1, 0.15) is 24.4 Å². The van der Waals surface area contributed by atoms with Gasteiger partial charge in [-0.1, -0.05) is 42.5 Å². The van der Waals surface area contributed by atoms with E-state index in [-0.39, 0.29) is 6.04 Å². The SMILES string of the molecule is COC1CCN(CC(N)c2cccc3ccccc23)CC1. The number of hydrogen-bond acceptors (Lipinski definition) is 3. The molecule has 2 N–H and O–H groups in total. The lowest BCUT2D eigenvalue weighted by Crippen LogP contribution is -2.40. The average Bonchev–Trinajstić information content (AvgIpc) is 2.55. The maximum absolute atomic E-state index is 6.49. The molecule has 1 atom stereocenters. The highest BCUT2D eigenvalue weighted by atomic mass is 16.5. The zero-order chi connectivity index (χ0) is 14.7. The van der Waals surface area contributed by atoms with Gasteiger partial charge in [0, 0.05) is 32.8 Å². The van der Waals surface area contributed by atoms with Crippen LogP contribution in [0.3, 0.4) is 0 Å². The molecular weight excluding hydrogens is 260 g/mol. The van der Waals surface area contributed by atoms with E-state index in [0.717, 1.165) is 32.5 Å². The van der Waals surface area contributed by atoms with Crippen molar-refractivity contribution >= 4 is 10.8 Å². The van der Waals surface area contributed by atoms with Crippen LogP contribution in [0.2, 0.25) is 0 Å². The maximum atomic E-state index is 6.49. The molecule has 0 radical (unpaired) electrons. The molecule has 1 fully saturated rings. The molecule has 0 aromatic heterocycles. The van der Waals surface area contributed by atoms with Crippen molar-refractivity contribution in [3.8, 4) is 0 Å². The van der Waals surface area contributed by atoms with E-state index < -0.39 is 0 Å². The number of rotatable bonds is 4. The van der Waals surface area contributed by atoms with Crippen molar-refractivity contribution in [1.29, 1.82) is 0 Å². The van der Waals surface area contributed by atoms with E-state index in [9.17, 15) is 0 Å². The van der Waals surface area contributed by atoms with Crippen LogP contribution in [0.25, 0.3) is 10.8 Å². The minimum Gasteiger partial charge on any atom is -0.381 e. The molecule has 0 saturated carbocycles. The Bertz CT molecular complexity index is 585. The van der Waals surface area contributed by atoms with Crippen molar-refractivity contribution in [2.24, 2.45) is 5.73 Å². The fourth-order valence-corrected chi connectivity index (χ4v) is 3.28. The van der Waals surface area contributed by atoms with E-state index >= 15 is 0 Å². The predicted molar refractivity (Wildman–Crippen MR) is 87.3 cm³/mol. The number of ether oxygens (including phenoxy) is 1. The molecule has 0 aliphatic carbocycles. The first-order chi connectivity index (χ1) is 10.3. The van der Waals surface area contributed by atoms with Crippen molar-refractivity contribution in [1.82, 2.24) is 4.90 Å². The molecule has 0 amide bonds. The van der Waals surface area contributed by atoms with Crippen LogP contribution in [0, 0.1) is 0 Å². The number of nitrogens with zero attached hydrogens (tertiary/aromatic N) is 1. The lowest BCUT2D eigenvalue weighted by Gasteiger charge is -2.33. The number of likely N-dealkylation sites (tertiary alicyclic amines) is 1. The van der Waals surface area contributed by atoms with Crippen molar-refractivity contribution in [2.45, 2.75) is 25.0 Å². The highest BCUT2D eigenvalue weighted by Gasteiger charge is 2.21. The second-order valence-electron chi connectivity index (χ2n) is 5.91. The normalized spacial score (nSPS) is 19.0. The predicted octanol–water partition coefficient (Wildman–Crippen LogP) is 2.95. The highest BCUT2D eigenvalue weighted by Crippen LogP contribution is 2.24. The number of benzene rings is 2. The van der Waals surface area contributed by atoms with Crippen LogP contribution in [0.5, 0.6) is 0 Å². The Morgan fingerprint density at radius 2 is 1.86 bits per heavy atom. The quantitative estimate of drug-likeness (QED) is 0.938. The third kappa shape index (κ3) is 3.26. The molecule has 0 spiro atoms. The van der Waals surface area contributed by atoms with Gasteiger partial charge in [0.15, 0.2) is 0 Å². The molecule has 3 rings (SSSR count). The number of piperidine rings is 1. The minimum absolute atomic E-state index is 0.0650. The summed E-state index contributed by atoms with van der Waals surface area (Å²) in [4.78, 5) is 2.46. The van der Waals surface area contributed by atoms with E-state index in [1.165, 1.54) is 16.3 Å². The Morgan fingerprint density at radius 1 is 1.14 bits per heavy atom. The Balaban J connectivity index is 1.71. The van der Waals surface area contributed by atoms with Gasteiger partial charge in [-0.05, 0) is 29.2 Å². The lowest BCUT2D eigenvalue weighted by molar-refractivity contribution is 0.0395. The smallest absolute Gasteiger partial charge is 0.0595 e. The fraction of sp³-hybridized carbons (Fsp3) is 0.444. The summed E-state index contributed by atoms with van der Waals surface area (Å²) in [6.45, 7) is 3.08. The summed E-state index contributed by atoms with van der Waals surface area (Å²) >= 11 is 0. The van der Waals surface area contributed by atoms with Crippen molar-refractivity contribution in [2.75, 3.05) is 26.7 Å². The van der Waals surface area contributed by atoms with Gasteiger partial charge in [-0.3, -0.25) is 0 Å². The molecule has 3 nitrogen and oxygen atoms in total. The first kappa shape index (κ1) is 14.5. The third-order valence-electron chi connectivity index (χ3n) is 4.55. The number of methoxy groups -OCH3 is 1. The van der Waals surface area contributed by atoms with Crippen LogP contribution < -0.4 is 5.73 Å². The molecule has 21 heavy (non-hydrogen) atoms. The van der Waals surface area contributed by atoms with Gasteiger partial charge in [0.2, 0.25) is 0 Å². The Hall–Kier alpha value is -1.42. The van der Waals surface area contributed by atoms with Gasteiger partial charge >= 0.3 is 0 Å². The average molecular weight is 284 g/mol. The summed E-state index contributed by atoms with van der Waals surface area (Å²) in [5.74, 6) is 0. The van der Waals surface area contributed by atoms with Crippen molar-refractivity contribution in [3.63, 3.8) is 0 Å². The zero-order valence-corrected chi connectivity index (χ0v) is 12.7. The molecule has 3 heteroatoms. The summed E-state index contributed by atoms with van der Waals surface area (Å²) in [5.41, 5.74) is 7.74. The molecule has 0 bridgehead atoms. The molecular formula is C18H24N2O. The molecule has 2 aromatic carbocycles. The van der Waals surface area contributed by atoms with Gasteiger partial charge in [0.1, 0.15) is 0 Å². The van der Waals surface area contributed by atoms with E-state index in [0.29, 0.717) is 6.10 Å². The van der Waals surface area contributed by atoms with Crippen LogP contribution in [0.15, 0.2) is 42.5 Å². The number of hydrogen-bond donors (Lipinski definition) is 1. The van der Waals surface area contributed by atoms with Crippen LogP contribution in [0.4, 0.5) is 0 Å². The second kappa shape index (κ2) is 6.56. The Labute approximate surface area is 126 Å². The van der Waals surface area contributed by atoms with E-state index in [1.54, 1.807) is 0 Å². The molecule has 1 unspecified atom stereocenters. The topological polar surface area (TPSA) is 38.5 Å². The van der Waals surface area contributed by atoms with Gasteiger partial charge in [-0.15, -0.1) is 0 Å². The Morgan fingerprint density at radius 3 is 2.62 bits per heavy atom. The van der Waals surface area contributed by atoms with Crippen molar-refractivity contribution < 1.29 is 4.74 Å². The van der Waals surface area contributed by atoms with Crippen molar-refractivity contribution in [3.05, 3.63) is 48.0 Å². The molecule has 2 aromatic rings. The first-order valence-corrected chi connectivity index (χ1v) is 7.76. The molecule has 1 aliphatic rings. The van der Waals surface area contributed by atoms with Crippen LogP contribution >= 0.6 is 0 Å². The largest absolute Gasteiger partial charge is 0.381 e. The molecule has 1 saturated heterocycles. The van der Waals surface area contributed by atoms with Gasteiger partial charge in [-0.25, -0.2) is 0 Å². The number of fused-ring (bicyclic) bond motifs is 1.